The molecule has 0 amide bonds. The monoisotopic (exact) mass is 421 g/mol. The molecule has 2 N–H and O–H groups in total. The smallest absolute Gasteiger partial charge is 0.341 e. The van der Waals surface area contributed by atoms with Gasteiger partial charge in [-0.3, -0.25) is 0 Å². The molecule has 0 spiro atoms. The van der Waals surface area contributed by atoms with Gasteiger partial charge in [0.25, 0.3) is 0 Å². The Hall–Kier alpha value is -1.51. The number of ether oxygens (including phenoxy) is 1. The lowest BCUT2D eigenvalue weighted by molar-refractivity contribution is 0.0601. The molecule has 0 aliphatic heterocycles. The van der Waals surface area contributed by atoms with Crippen LogP contribution in [-0.4, -0.2) is 23.2 Å². The molecule has 0 aromatic carbocycles. The van der Waals surface area contributed by atoms with Crippen molar-refractivity contribution < 1.29 is 9.53 Å². The molecular formula is C19H23N3O2S3. The van der Waals surface area contributed by atoms with Gasteiger partial charge in [0.15, 0.2) is 10.2 Å². The molecule has 0 saturated heterocycles. The van der Waals surface area contributed by atoms with E-state index < -0.39 is 0 Å². The Kier molecular flexibility index (Phi) is 5.48. The molecule has 1 unspecified atom stereocenters. The minimum atomic E-state index is -0.294. The third-order valence-electron chi connectivity index (χ3n) is 5.19. The van der Waals surface area contributed by atoms with Crippen LogP contribution in [-0.2, 0) is 30.4 Å². The maximum absolute atomic E-state index is 12.4. The predicted octanol–water partition coefficient (Wildman–Crippen LogP) is 4.80. The lowest BCUT2D eigenvalue weighted by atomic mass is 9.88. The number of hydrogen-bond donors (Lipinski definition) is 2. The minimum absolute atomic E-state index is 0.294. The Bertz CT molecular complexity index is 864. The van der Waals surface area contributed by atoms with Gasteiger partial charge >= 0.3 is 5.97 Å². The van der Waals surface area contributed by atoms with Crippen molar-refractivity contribution in [1.29, 1.82) is 0 Å². The molecule has 1 atom stereocenters. The highest BCUT2D eigenvalue weighted by Gasteiger charge is 2.28. The number of anilines is 2. The summed E-state index contributed by atoms with van der Waals surface area (Å²) in [7, 11) is 1.43. The van der Waals surface area contributed by atoms with Crippen molar-refractivity contribution in [3.05, 3.63) is 26.6 Å². The van der Waals surface area contributed by atoms with Gasteiger partial charge in [0.1, 0.15) is 5.00 Å². The van der Waals surface area contributed by atoms with Crippen LogP contribution < -0.4 is 10.6 Å². The molecule has 0 saturated carbocycles. The average molecular weight is 422 g/mol. The van der Waals surface area contributed by atoms with E-state index in [1.54, 1.807) is 22.7 Å². The van der Waals surface area contributed by atoms with E-state index in [2.05, 4.69) is 22.5 Å². The summed E-state index contributed by atoms with van der Waals surface area (Å²) in [5, 5.41) is 8.51. The number of thiophene rings is 1. The first-order chi connectivity index (χ1) is 13.0. The summed E-state index contributed by atoms with van der Waals surface area (Å²) < 4.78 is 5.04. The summed E-state index contributed by atoms with van der Waals surface area (Å²) in [5.41, 5.74) is 2.97. The van der Waals surface area contributed by atoms with Gasteiger partial charge in [-0.15, -0.1) is 22.7 Å². The summed E-state index contributed by atoms with van der Waals surface area (Å²) in [6.45, 7) is 2.25. The maximum atomic E-state index is 12.4. The molecule has 144 valence electrons. The van der Waals surface area contributed by atoms with Crippen LogP contribution >= 0.6 is 34.9 Å². The molecule has 2 aromatic rings. The first kappa shape index (κ1) is 18.8. The fraction of sp³-hybridized carbons (Fsp3) is 0.526. The van der Waals surface area contributed by atoms with Gasteiger partial charge < -0.3 is 15.4 Å². The molecule has 27 heavy (non-hydrogen) atoms. The molecule has 8 heteroatoms. The molecule has 0 bridgehead atoms. The molecule has 2 aliphatic carbocycles. The van der Waals surface area contributed by atoms with Crippen LogP contribution in [0.3, 0.4) is 0 Å². The number of aromatic nitrogens is 1. The zero-order valence-corrected chi connectivity index (χ0v) is 18.0. The number of methoxy groups -OCH3 is 1. The van der Waals surface area contributed by atoms with Gasteiger partial charge in [-0.1, -0.05) is 6.92 Å². The van der Waals surface area contributed by atoms with E-state index in [1.807, 2.05) is 0 Å². The lowest BCUT2D eigenvalue weighted by Gasteiger charge is -2.18. The van der Waals surface area contributed by atoms with Crippen LogP contribution in [0.2, 0.25) is 0 Å². The zero-order chi connectivity index (χ0) is 19.0. The van der Waals surface area contributed by atoms with E-state index in [4.69, 9.17) is 17.0 Å². The number of fused-ring (bicyclic) bond motifs is 2. The van der Waals surface area contributed by atoms with Crippen molar-refractivity contribution in [3.63, 3.8) is 0 Å². The maximum Gasteiger partial charge on any atom is 0.341 e. The van der Waals surface area contributed by atoms with E-state index in [0.29, 0.717) is 16.6 Å². The topological polar surface area (TPSA) is 63.2 Å². The number of aryl methyl sites for hydroxylation is 2. The molecule has 2 aromatic heterocycles. The van der Waals surface area contributed by atoms with Crippen molar-refractivity contribution in [2.45, 2.75) is 51.9 Å². The quantitative estimate of drug-likeness (QED) is 0.548. The molecule has 2 aliphatic rings. The Labute approximate surface area is 172 Å². The van der Waals surface area contributed by atoms with E-state index in [1.165, 1.54) is 35.4 Å². The molecule has 2 heterocycles. The average Bonchev–Trinajstić information content (AvgIpc) is 3.20. The number of nitrogens with zero attached hydrogens (tertiary/aromatic N) is 1. The second-order valence-corrected chi connectivity index (χ2v) is 9.82. The first-order valence-electron chi connectivity index (χ1n) is 9.34. The van der Waals surface area contributed by atoms with Crippen molar-refractivity contribution in [2.75, 3.05) is 17.7 Å². The summed E-state index contributed by atoms with van der Waals surface area (Å²) in [6, 6.07) is 0. The number of esters is 1. The SMILES string of the molecule is COC(=O)c1c(NC(=S)Nc2nc3c(s2)CCCC3)sc2c1CCC(C)C2. The lowest BCUT2D eigenvalue weighted by Crippen LogP contribution is -2.20. The highest BCUT2D eigenvalue weighted by atomic mass is 32.1. The molecule has 0 fully saturated rings. The number of carbonyl (C=O) groups is 1. The van der Waals surface area contributed by atoms with E-state index in [-0.39, 0.29) is 5.97 Å². The largest absolute Gasteiger partial charge is 0.465 e. The van der Waals surface area contributed by atoms with Gasteiger partial charge in [-0.2, -0.15) is 0 Å². The number of carbonyl (C=O) groups excluding carboxylic acids is 1. The van der Waals surface area contributed by atoms with Gasteiger partial charge in [-0.05, 0) is 68.6 Å². The number of nitrogens with one attached hydrogen (secondary N) is 2. The summed E-state index contributed by atoms with van der Waals surface area (Å²) in [6.07, 6.45) is 7.62. The Morgan fingerprint density at radius 2 is 2.00 bits per heavy atom. The number of rotatable bonds is 3. The zero-order valence-electron chi connectivity index (χ0n) is 15.5. The third-order valence-corrected chi connectivity index (χ3v) is 7.64. The summed E-state index contributed by atoms with van der Waals surface area (Å²) in [5.74, 6) is 0.346. The van der Waals surface area contributed by atoms with Gasteiger partial charge in [0.2, 0.25) is 0 Å². The van der Waals surface area contributed by atoms with Gasteiger partial charge in [0, 0.05) is 9.75 Å². The van der Waals surface area contributed by atoms with Crippen LogP contribution in [0, 0.1) is 5.92 Å². The highest BCUT2D eigenvalue weighted by molar-refractivity contribution is 7.80. The van der Waals surface area contributed by atoms with Gasteiger partial charge in [0.05, 0.1) is 18.4 Å². The molecule has 4 rings (SSSR count). The fourth-order valence-electron chi connectivity index (χ4n) is 3.79. The Morgan fingerprint density at radius 3 is 2.78 bits per heavy atom. The first-order valence-corrected chi connectivity index (χ1v) is 11.4. The Balaban J connectivity index is 1.53. The van der Waals surface area contributed by atoms with E-state index >= 15 is 0 Å². The second-order valence-electron chi connectivity index (χ2n) is 7.22. The van der Waals surface area contributed by atoms with Gasteiger partial charge in [-0.25, -0.2) is 9.78 Å². The fourth-order valence-corrected chi connectivity index (χ4v) is 6.58. The minimum Gasteiger partial charge on any atom is -0.465 e. The third kappa shape index (κ3) is 3.88. The van der Waals surface area contributed by atoms with Crippen molar-refractivity contribution in [2.24, 2.45) is 5.92 Å². The summed E-state index contributed by atoms with van der Waals surface area (Å²) in [4.78, 5) is 19.7. The van der Waals surface area contributed by atoms with E-state index in [9.17, 15) is 4.79 Å². The molecule has 0 radical (unpaired) electrons. The van der Waals surface area contributed by atoms with E-state index in [0.717, 1.165) is 47.8 Å². The van der Waals surface area contributed by atoms with Crippen LogP contribution in [0.5, 0.6) is 0 Å². The standard InChI is InChI=1S/C19H23N3O2S3/c1-10-7-8-11-14(9-10)26-16(15(11)17(23)24-2)21-18(25)22-19-20-12-5-3-4-6-13(12)27-19/h10H,3-9H2,1-2H3,(H2,20,21,22,25). The van der Waals surface area contributed by atoms with Crippen molar-refractivity contribution in [1.82, 2.24) is 4.98 Å². The van der Waals surface area contributed by atoms with Crippen LogP contribution in [0.25, 0.3) is 0 Å². The number of thiocarbonyl (C=S) groups is 1. The highest BCUT2D eigenvalue weighted by Crippen LogP contribution is 2.40. The van der Waals surface area contributed by atoms with Crippen molar-refractivity contribution in [3.8, 4) is 0 Å². The van der Waals surface area contributed by atoms with Crippen LogP contribution in [0.1, 0.15) is 57.6 Å². The van der Waals surface area contributed by atoms with Crippen LogP contribution in [0.15, 0.2) is 0 Å². The number of hydrogen-bond acceptors (Lipinski definition) is 6. The predicted molar refractivity (Wildman–Crippen MR) is 115 cm³/mol. The van der Waals surface area contributed by atoms with Crippen molar-refractivity contribution >= 4 is 56.1 Å². The molecule has 5 nitrogen and oxygen atoms in total. The Morgan fingerprint density at radius 1 is 1.19 bits per heavy atom. The van der Waals surface area contributed by atoms with Crippen LogP contribution in [0.4, 0.5) is 10.1 Å². The normalized spacial score (nSPS) is 18.4. The number of thiazole rings is 1. The second kappa shape index (κ2) is 7.85. The summed E-state index contributed by atoms with van der Waals surface area (Å²) >= 11 is 8.80. The molecular weight excluding hydrogens is 398 g/mol.